The lowest BCUT2D eigenvalue weighted by Crippen LogP contribution is -2.35. The second-order valence-electron chi connectivity index (χ2n) is 6.77. The predicted molar refractivity (Wildman–Crippen MR) is 115 cm³/mol. The Hall–Kier alpha value is -3.33. The van der Waals surface area contributed by atoms with E-state index in [4.69, 9.17) is 9.47 Å². The van der Waals surface area contributed by atoms with Crippen LogP contribution in [0.2, 0.25) is 0 Å². The van der Waals surface area contributed by atoms with Crippen molar-refractivity contribution in [2.75, 3.05) is 13.2 Å². The van der Waals surface area contributed by atoms with Crippen LogP contribution in [0.15, 0.2) is 59.6 Å². The Balaban J connectivity index is 2.18. The summed E-state index contributed by atoms with van der Waals surface area (Å²) >= 11 is 0. The highest BCUT2D eigenvalue weighted by molar-refractivity contribution is 7.90. The van der Waals surface area contributed by atoms with Crippen LogP contribution in [0.3, 0.4) is 0 Å². The quantitative estimate of drug-likeness (QED) is 0.559. The first-order valence-electron chi connectivity index (χ1n) is 9.81. The van der Waals surface area contributed by atoms with E-state index in [-0.39, 0.29) is 23.7 Å². The molecule has 164 valence electrons. The van der Waals surface area contributed by atoms with E-state index >= 15 is 0 Å². The summed E-state index contributed by atoms with van der Waals surface area (Å²) in [4.78, 5) is 24.8. The number of rotatable bonds is 7. The SMILES string of the molecule is CCOC(=O)NC(C(=O)OCC)c1cn(S(=O)(=O)c2ccc(C)cc2)c2ccccc12. The van der Waals surface area contributed by atoms with Gasteiger partial charge in [0.25, 0.3) is 10.0 Å². The summed E-state index contributed by atoms with van der Waals surface area (Å²) in [5, 5.41) is 2.97. The van der Waals surface area contributed by atoms with Crippen molar-refractivity contribution >= 4 is 33.0 Å². The molecule has 1 aromatic heterocycles. The predicted octanol–water partition coefficient (Wildman–Crippen LogP) is 3.54. The fraction of sp³-hybridized carbons (Fsp3) is 0.273. The molecular formula is C22H24N2O6S. The largest absolute Gasteiger partial charge is 0.464 e. The van der Waals surface area contributed by atoms with E-state index in [1.165, 1.54) is 18.3 Å². The van der Waals surface area contributed by atoms with Crippen LogP contribution in [0.25, 0.3) is 10.9 Å². The molecule has 0 aliphatic heterocycles. The average molecular weight is 445 g/mol. The molecule has 1 unspecified atom stereocenters. The molecule has 3 aromatic rings. The Morgan fingerprint density at radius 1 is 1.00 bits per heavy atom. The Labute approximate surface area is 180 Å². The van der Waals surface area contributed by atoms with E-state index in [1.807, 2.05) is 6.92 Å². The van der Waals surface area contributed by atoms with Gasteiger partial charge in [-0.1, -0.05) is 35.9 Å². The normalized spacial score (nSPS) is 12.4. The van der Waals surface area contributed by atoms with Crippen LogP contribution in [0, 0.1) is 6.92 Å². The molecule has 0 saturated carbocycles. The van der Waals surface area contributed by atoms with Gasteiger partial charge in [-0.25, -0.2) is 22.0 Å². The number of amides is 1. The molecule has 0 aliphatic carbocycles. The highest BCUT2D eigenvalue weighted by Gasteiger charge is 2.30. The number of carbonyl (C=O) groups is 2. The lowest BCUT2D eigenvalue weighted by atomic mass is 10.1. The van der Waals surface area contributed by atoms with Crippen molar-refractivity contribution in [2.45, 2.75) is 31.7 Å². The molecule has 0 spiro atoms. The third-order valence-corrected chi connectivity index (χ3v) is 6.35. The van der Waals surface area contributed by atoms with E-state index in [1.54, 1.807) is 50.2 Å². The lowest BCUT2D eigenvalue weighted by Gasteiger charge is -2.16. The van der Waals surface area contributed by atoms with Crippen LogP contribution in [0.4, 0.5) is 4.79 Å². The van der Waals surface area contributed by atoms with Crippen LogP contribution in [0.1, 0.15) is 31.0 Å². The van der Waals surface area contributed by atoms with Gasteiger partial charge in [0.1, 0.15) is 0 Å². The molecule has 3 rings (SSSR count). The van der Waals surface area contributed by atoms with Crippen LogP contribution in [0.5, 0.6) is 0 Å². The molecule has 1 heterocycles. The number of alkyl carbamates (subject to hydrolysis) is 1. The molecule has 1 atom stereocenters. The Kier molecular flexibility index (Phi) is 6.65. The number of benzene rings is 2. The average Bonchev–Trinajstić information content (AvgIpc) is 3.13. The third-order valence-electron chi connectivity index (χ3n) is 4.66. The number of nitrogens with zero attached hydrogens (tertiary/aromatic N) is 1. The maximum Gasteiger partial charge on any atom is 0.408 e. The van der Waals surface area contributed by atoms with Crippen molar-refractivity contribution in [2.24, 2.45) is 0 Å². The number of aryl methyl sites for hydroxylation is 1. The van der Waals surface area contributed by atoms with Gasteiger partial charge in [0.2, 0.25) is 0 Å². The van der Waals surface area contributed by atoms with Crippen LogP contribution in [-0.2, 0) is 24.3 Å². The minimum atomic E-state index is -3.95. The summed E-state index contributed by atoms with van der Waals surface area (Å²) in [7, 11) is -3.95. The van der Waals surface area contributed by atoms with Crippen molar-refractivity contribution in [3.8, 4) is 0 Å². The van der Waals surface area contributed by atoms with Crippen molar-refractivity contribution < 1.29 is 27.5 Å². The molecule has 0 aliphatic rings. The summed E-state index contributed by atoms with van der Waals surface area (Å²) < 4.78 is 37.8. The van der Waals surface area contributed by atoms with E-state index in [0.717, 1.165) is 9.54 Å². The lowest BCUT2D eigenvalue weighted by molar-refractivity contribution is -0.145. The number of fused-ring (bicyclic) bond motifs is 1. The highest BCUT2D eigenvalue weighted by atomic mass is 32.2. The summed E-state index contributed by atoms with van der Waals surface area (Å²) in [5.74, 6) is -0.716. The molecule has 9 heteroatoms. The van der Waals surface area contributed by atoms with E-state index in [2.05, 4.69) is 5.32 Å². The molecule has 0 bridgehead atoms. The molecule has 8 nitrogen and oxygen atoms in total. The van der Waals surface area contributed by atoms with Gasteiger partial charge in [0, 0.05) is 17.1 Å². The van der Waals surface area contributed by atoms with Gasteiger partial charge in [-0.2, -0.15) is 0 Å². The molecule has 0 fully saturated rings. The molecule has 0 saturated heterocycles. The van der Waals surface area contributed by atoms with Gasteiger partial charge < -0.3 is 14.8 Å². The summed E-state index contributed by atoms with van der Waals surface area (Å²) in [5.41, 5.74) is 1.59. The van der Waals surface area contributed by atoms with Gasteiger partial charge in [-0.3, -0.25) is 0 Å². The third kappa shape index (κ3) is 4.56. The van der Waals surface area contributed by atoms with Gasteiger partial charge in [0.05, 0.1) is 23.6 Å². The van der Waals surface area contributed by atoms with Gasteiger partial charge in [-0.15, -0.1) is 0 Å². The first-order chi connectivity index (χ1) is 14.8. The smallest absolute Gasteiger partial charge is 0.408 e. The zero-order chi connectivity index (χ0) is 22.6. The van der Waals surface area contributed by atoms with Gasteiger partial charge in [-0.05, 0) is 39.0 Å². The summed E-state index contributed by atoms with van der Waals surface area (Å²) in [6.07, 6.45) is 0.534. The van der Waals surface area contributed by atoms with Crippen molar-refractivity contribution in [1.82, 2.24) is 9.29 Å². The molecule has 0 radical (unpaired) electrons. The van der Waals surface area contributed by atoms with E-state index < -0.39 is 28.1 Å². The number of esters is 1. The monoisotopic (exact) mass is 444 g/mol. The Morgan fingerprint density at radius 2 is 1.65 bits per heavy atom. The van der Waals surface area contributed by atoms with Gasteiger partial charge in [0.15, 0.2) is 6.04 Å². The second kappa shape index (κ2) is 9.22. The molecule has 31 heavy (non-hydrogen) atoms. The molecular weight excluding hydrogens is 420 g/mol. The molecule has 1 N–H and O–H groups in total. The standard InChI is InChI=1S/C22H24N2O6S/c1-4-29-21(25)20(23-22(26)30-5-2)18-14-24(19-9-7-6-8-17(18)19)31(27,28)16-12-10-15(3)11-13-16/h6-14,20H,4-5H2,1-3H3,(H,23,26). The van der Waals surface area contributed by atoms with Gasteiger partial charge >= 0.3 is 12.1 Å². The minimum Gasteiger partial charge on any atom is -0.464 e. The number of carbonyl (C=O) groups excluding carboxylic acids is 2. The highest BCUT2D eigenvalue weighted by Crippen LogP contribution is 2.30. The maximum absolute atomic E-state index is 13.4. The van der Waals surface area contributed by atoms with Crippen LogP contribution < -0.4 is 5.32 Å². The fourth-order valence-electron chi connectivity index (χ4n) is 3.21. The zero-order valence-electron chi connectivity index (χ0n) is 17.5. The maximum atomic E-state index is 13.4. The van der Waals surface area contributed by atoms with Crippen molar-refractivity contribution in [1.29, 1.82) is 0 Å². The Morgan fingerprint density at radius 3 is 2.29 bits per heavy atom. The summed E-state index contributed by atoms with van der Waals surface area (Å²) in [6.45, 7) is 5.36. The van der Waals surface area contributed by atoms with Crippen molar-refractivity contribution in [3.63, 3.8) is 0 Å². The topological polar surface area (TPSA) is 104 Å². The van der Waals surface area contributed by atoms with E-state index in [9.17, 15) is 18.0 Å². The van der Waals surface area contributed by atoms with Crippen LogP contribution in [-0.4, -0.2) is 37.7 Å². The second-order valence-corrected chi connectivity index (χ2v) is 8.58. The first-order valence-corrected chi connectivity index (χ1v) is 11.3. The zero-order valence-corrected chi connectivity index (χ0v) is 18.3. The number of ether oxygens (including phenoxy) is 2. The molecule has 2 aromatic carbocycles. The number of aromatic nitrogens is 1. The first kappa shape index (κ1) is 22.4. The van der Waals surface area contributed by atoms with Crippen molar-refractivity contribution in [3.05, 3.63) is 65.9 Å². The number of para-hydroxylation sites is 1. The summed E-state index contributed by atoms with van der Waals surface area (Å²) in [6, 6.07) is 12.0. The molecule has 1 amide bonds. The number of hydrogen-bond donors (Lipinski definition) is 1. The number of hydrogen-bond acceptors (Lipinski definition) is 6. The number of nitrogens with one attached hydrogen (secondary N) is 1. The Bertz CT molecular complexity index is 1200. The minimum absolute atomic E-state index is 0.0974. The fourth-order valence-corrected chi connectivity index (χ4v) is 4.59. The van der Waals surface area contributed by atoms with E-state index in [0.29, 0.717) is 10.9 Å². The van der Waals surface area contributed by atoms with Crippen LogP contribution >= 0.6 is 0 Å².